The molecule has 1 aromatic carbocycles. The lowest BCUT2D eigenvalue weighted by Crippen LogP contribution is -2.31. The summed E-state index contributed by atoms with van der Waals surface area (Å²) in [6, 6.07) is 10.1. The Labute approximate surface area is 153 Å². The second-order valence-electron chi connectivity index (χ2n) is 6.57. The predicted molar refractivity (Wildman–Crippen MR) is 101 cm³/mol. The summed E-state index contributed by atoms with van der Waals surface area (Å²) >= 11 is 0. The van der Waals surface area contributed by atoms with E-state index < -0.39 is 0 Å². The van der Waals surface area contributed by atoms with Gasteiger partial charge in [0.05, 0.1) is 0 Å². The predicted octanol–water partition coefficient (Wildman–Crippen LogP) is 2.47. The van der Waals surface area contributed by atoms with Gasteiger partial charge >= 0.3 is 0 Å². The molecule has 0 spiro atoms. The van der Waals surface area contributed by atoms with Gasteiger partial charge in [-0.1, -0.05) is 12.1 Å². The molecule has 7 heteroatoms. The summed E-state index contributed by atoms with van der Waals surface area (Å²) in [6.07, 6.45) is 0. The molecule has 0 bridgehead atoms. The van der Waals surface area contributed by atoms with Crippen molar-refractivity contribution in [2.24, 2.45) is 0 Å². The topological polar surface area (TPSA) is 66.6 Å². The zero-order chi connectivity index (χ0) is 18.8. The minimum absolute atomic E-state index is 0.179. The van der Waals surface area contributed by atoms with E-state index in [0.717, 1.165) is 22.6 Å². The highest BCUT2D eigenvalue weighted by molar-refractivity contribution is 5.90. The molecule has 0 saturated carbocycles. The maximum atomic E-state index is 12.9. The first-order valence-corrected chi connectivity index (χ1v) is 8.65. The van der Waals surface area contributed by atoms with Gasteiger partial charge in [0.2, 0.25) is 5.82 Å². The molecule has 0 atom stereocenters. The summed E-state index contributed by atoms with van der Waals surface area (Å²) in [5.41, 5.74) is 3.96. The number of carbonyl (C=O) groups is 1. The quantitative estimate of drug-likeness (QED) is 0.706. The Hall–Kier alpha value is -2.96. The van der Waals surface area contributed by atoms with Gasteiger partial charge in [-0.15, -0.1) is 5.10 Å². The molecular weight excluding hydrogens is 328 g/mol. The smallest absolute Gasteiger partial charge is 0.293 e. The lowest BCUT2D eigenvalue weighted by molar-refractivity contribution is 0.0740. The van der Waals surface area contributed by atoms with Crippen LogP contribution in [-0.4, -0.2) is 51.0 Å². The molecule has 0 aliphatic heterocycles. The van der Waals surface area contributed by atoms with Gasteiger partial charge in [0.15, 0.2) is 0 Å². The first-order chi connectivity index (χ1) is 12.4. The number of aromatic nitrogens is 4. The second-order valence-corrected chi connectivity index (χ2v) is 6.57. The summed E-state index contributed by atoms with van der Waals surface area (Å²) in [4.78, 5) is 25.3. The fraction of sp³-hybridized carbons (Fsp3) is 0.368. The van der Waals surface area contributed by atoms with Crippen LogP contribution in [0.5, 0.6) is 0 Å². The SMILES string of the molecule is CCN(Cc1ccc(N(C)C)cc1)C(=O)c1nc2nc(C)cc(C)n2n1. The van der Waals surface area contributed by atoms with E-state index in [9.17, 15) is 4.79 Å². The molecule has 3 rings (SSSR count). The standard InChI is InChI=1S/C19H24N6O/c1-6-24(12-15-7-9-16(10-8-15)23(4)5)18(26)17-21-19-20-13(2)11-14(3)25(19)22-17/h7-11H,6,12H2,1-5H3. The van der Waals surface area contributed by atoms with Crippen molar-refractivity contribution in [3.8, 4) is 0 Å². The van der Waals surface area contributed by atoms with Gasteiger partial charge in [-0.3, -0.25) is 4.79 Å². The highest BCUT2D eigenvalue weighted by atomic mass is 16.2. The van der Waals surface area contributed by atoms with Crippen molar-refractivity contribution >= 4 is 17.4 Å². The molecule has 3 aromatic rings. The monoisotopic (exact) mass is 352 g/mol. The van der Waals surface area contributed by atoms with Crippen molar-refractivity contribution in [3.63, 3.8) is 0 Å². The number of amides is 1. The van der Waals surface area contributed by atoms with Crippen LogP contribution < -0.4 is 4.90 Å². The van der Waals surface area contributed by atoms with Crippen molar-refractivity contribution in [2.75, 3.05) is 25.5 Å². The van der Waals surface area contributed by atoms with Crippen LogP contribution in [0.15, 0.2) is 30.3 Å². The Morgan fingerprint density at radius 1 is 1.12 bits per heavy atom. The molecule has 0 unspecified atom stereocenters. The fourth-order valence-corrected chi connectivity index (χ4v) is 2.85. The van der Waals surface area contributed by atoms with Crippen LogP contribution in [0.2, 0.25) is 0 Å². The van der Waals surface area contributed by atoms with Gasteiger partial charge in [0, 0.05) is 44.3 Å². The van der Waals surface area contributed by atoms with Crippen LogP contribution in [0.1, 0.15) is 34.5 Å². The number of carbonyl (C=O) groups excluding carboxylic acids is 1. The maximum absolute atomic E-state index is 12.9. The third-order valence-electron chi connectivity index (χ3n) is 4.30. The lowest BCUT2D eigenvalue weighted by Gasteiger charge is -2.20. The molecule has 0 aliphatic carbocycles. The largest absolute Gasteiger partial charge is 0.378 e. The van der Waals surface area contributed by atoms with Crippen molar-refractivity contribution in [1.82, 2.24) is 24.5 Å². The Morgan fingerprint density at radius 3 is 2.42 bits per heavy atom. The number of hydrogen-bond donors (Lipinski definition) is 0. The van der Waals surface area contributed by atoms with Crippen molar-refractivity contribution in [2.45, 2.75) is 27.3 Å². The number of anilines is 1. The van der Waals surface area contributed by atoms with Crippen molar-refractivity contribution in [1.29, 1.82) is 0 Å². The molecule has 0 radical (unpaired) electrons. The Kier molecular flexibility index (Phi) is 4.88. The van der Waals surface area contributed by atoms with E-state index >= 15 is 0 Å². The fourth-order valence-electron chi connectivity index (χ4n) is 2.85. The van der Waals surface area contributed by atoms with E-state index in [-0.39, 0.29) is 11.7 Å². The van der Waals surface area contributed by atoms with Gasteiger partial charge in [-0.25, -0.2) is 9.50 Å². The molecule has 136 valence electrons. The van der Waals surface area contributed by atoms with Crippen molar-refractivity contribution in [3.05, 3.63) is 53.1 Å². The van der Waals surface area contributed by atoms with E-state index in [4.69, 9.17) is 0 Å². The second kappa shape index (κ2) is 7.11. The highest BCUT2D eigenvalue weighted by Gasteiger charge is 2.20. The first kappa shape index (κ1) is 17.8. The van der Waals surface area contributed by atoms with Crippen LogP contribution in [0.4, 0.5) is 5.69 Å². The molecule has 0 saturated heterocycles. The minimum Gasteiger partial charge on any atom is -0.378 e. The normalized spacial score (nSPS) is 11.0. The van der Waals surface area contributed by atoms with Gasteiger partial charge in [0.1, 0.15) is 0 Å². The number of benzene rings is 1. The molecule has 1 amide bonds. The molecule has 2 heterocycles. The summed E-state index contributed by atoms with van der Waals surface area (Å²) < 4.78 is 1.61. The van der Waals surface area contributed by atoms with E-state index in [1.165, 1.54) is 0 Å². The maximum Gasteiger partial charge on any atom is 0.293 e. The average molecular weight is 352 g/mol. The Bertz CT molecular complexity index is 929. The molecule has 26 heavy (non-hydrogen) atoms. The summed E-state index contributed by atoms with van der Waals surface area (Å²) in [7, 11) is 4.01. The van der Waals surface area contributed by atoms with Gasteiger partial charge in [0.25, 0.3) is 11.7 Å². The zero-order valence-corrected chi connectivity index (χ0v) is 15.9. The van der Waals surface area contributed by atoms with Crippen LogP contribution >= 0.6 is 0 Å². The highest BCUT2D eigenvalue weighted by Crippen LogP contribution is 2.15. The first-order valence-electron chi connectivity index (χ1n) is 8.65. The van der Waals surface area contributed by atoms with Crippen LogP contribution in [0.3, 0.4) is 0 Å². The Balaban J connectivity index is 1.83. The van der Waals surface area contributed by atoms with Gasteiger partial charge in [-0.2, -0.15) is 4.98 Å². The number of aryl methyl sites for hydroxylation is 2. The summed E-state index contributed by atoms with van der Waals surface area (Å²) in [5, 5.41) is 4.35. The van der Waals surface area contributed by atoms with Crippen molar-refractivity contribution < 1.29 is 4.79 Å². The average Bonchev–Trinajstić information content (AvgIpc) is 3.03. The van der Waals surface area contributed by atoms with E-state index in [0.29, 0.717) is 18.9 Å². The van der Waals surface area contributed by atoms with Gasteiger partial charge in [-0.05, 0) is 44.5 Å². The zero-order valence-electron chi connectivity index (χ0n) is 15.9. The number of fused-ring (bicyclic) bond motifs is 1. The van der Waals surface area contributed by atoms with Gasteiger partial charge < -0.3 is 9.80 Å². The minimum atomic E-state index is -0.188. The van der Waals surface area contributed by atoms with Crippen LogP contribution in [0, 0.1) is 13.8 Å². The van der Waals surface area contributed by atoms with E-state index in [2.05, 4.69) is 15.1 Å². The van der Waals surface area contributed by atoms with E-state index in [1.807, 2.05) is 70.1 Å². The summed E-state index contributed by atoms with van der Waals surface area (Å²) in [6.45, 7) is 6.88. The Morgan fingerprint density at radius 2 is 1.81 bits per heavy atom. The summed E-state index contributed by atoms with van der Waals surface area (Å²) in [5.74, 6) is 0.446. The number of rotatable bonds is 5. The van der Waals surface area contributed by atoms with Crippen LogP contribution in [0.25, 0.3) is 5.78 Å². The molecule has 0 fully saturated rings. The molecule has 0 aliphatic rings. The lowest BCUT2D eigenvalue weighted by atomic mass is 10.2. The number of hydrogen-bond acceptors (Lipinski definition) is 5. The molecule has 7 nitrogen and oxygen atoms in total. The number of nitrogens with zero attached hydrogens (tertiary/aromatic N) is 6. The molecule has 0 N–H and O–H groups in total. The molecule has 2 aromatic heterocycles. The third kappa shape index (κ3) is 3.51. The third-order valence-corrected chi connectivity index (χ3v) is 4.30. The molecular formula is C19H24N6O. The van der Waals surface area contributed by atoms with E-state index in [1.54, 1.807) is 9.42 Å². The van der Waals surface area contributed by atoms with Crippen LogP contribution in [-0.2, 0) is 6.54 Å².